The van der Waals surface area contributed by atoms with Crippen LogP contribution in [0.5, 0.6) is 0 Å². The molecule has 1 heterocycles. The summed E-state index contributed by atoms with van der Waals surface area (Å²) in [4.78, 5) is 2.61. The first kappa shape index (κ1) is 11.7. The first-order valence-electron chi connectivity index (χ1n) is 6.24. The standard InChI is InChI=1S/C12H24N2S/c1-10-8-14(9-11(2)15-10)7-6-12(13)4-3-5-12/h10-11H,3-9,13H2,1-2H3. The van der Waals surface area contributed by atoms with Crippen LogP contribution in [0.2, 0.25) is 0 Å². The fraction of sp³-hybridized carbons (Fsp3) is 1.00. The Balaban J connectivity index is 1.74. The topological polar surface area (TPSA) is 29.3 Å². The number of hydrogen-bond acceptors (Lipinski definition) is 3. The fourth-order valence-electron chi connectivity index (χ4n) is 2.73. The van der Waals surface area contributed by atoms with Gasteiger partial charge < -0.3 is 10.6 Å². The smallest absolute Gasteiger partial charge is 0.0166 e. The zero-order valence-corrected chi connectivity index (χ0v) is 10.9. The van der Waals surface area contributed by atoms with E-state index in [0.29, 0.717) is 0 Å². The van der Waals surface area contributed by atoms with Crippen molar-refractivity contribution in [2.75, 3.05) is 19.6 Å². The molecule has 2 atom stereocenters. The predicted molar refractivity (Wildman–Crippen MR) is 68.3 cm³/mol. The third-order valence-corrected chi connectivity index (χ3v) is 5.00. The Morgan fingerprint density at radius 2 is 1.87 bits per heavy atom. The zero-order chi connectivity index (χ0) is 10.9. The molecule has 2 rings (SSSR count). The summed E-state index contributed by atoms with van der Waals surface area (Å²) >= 11 is 2.13. The van der Waals surface area contributed by atoms with Crippen molar-refractivity contribution in [3.05, 3.63) is 0 Å². The van der Waals surface area contributed by atoms with Gasteiger partial charge in [-0.3, -0.25) is 0 Å². The molecule has 0 amide bonds. The summed E-state index contributed by atoms with van der Waals surface area (Å²) in [5.41, 5.74) is 6.46. The van der Waals surface area contributed by atoms with E-state index in [-0.39, 0.29) is 5.54 Å². The molecule has 2 N–H and O–H groups in total. The van der Waals surface area contributed by atoms with Crippen LogP contribution in [0, 0.1) is 0 Å². The summed E-state index contributed by atoms with van der Waals surface area (Å²) < 4.78 is 0. The fourth-order valence-corrected chi connectivity index (χ4v) is 4.12. The van der Waals surface area contributed by atoms with Crippen molar-refractivity contribution in [2.45, 2.75) is 55.6 Å². The molecule has 2 aliphatic rings. The average molecular weight is 228 g/mol. The number of nitrogens with two attached hydrogens (primary N) is 1. The number of rotatable bonds is 3. The van der Waals surface area contributed by atoms with Crippen molar-refractivity contribution in [3.8, 4) is 0 Å². The molecular weight excluding hydrogens is 204 g/mol. The minimum Gasteiger partial charge on any atom is -0.325 e. The van der Waals surface area contributed by atoms with Gasteiger partial charge in [-0.2, -0.15) is 11.8 Å². The average Bonchev–Trinajstić information content (AvgIpc) is 2.10. The molecule has 2 fully saturated rings. The molecule has 1 aliphatic heterocycles. The van der Waals surface area contributed by atoms with Crippen LogP contribution in [0.4, 0.5) is 0 Å². The quantitative estimate of drug-likeness (QED) is 0.802. The van der Waals surface area contributed by atoms with Crippen molar-refractivity contribution in [1.82, 2.24) is 4.90 Å². The van der Waals surface area contributed by atoms with Crippen LogP contribution in [0.15, 0.2) is 0 Å². The van der Waals surface area contributed by atoms with Crippen LogP contribution in [0.3, 0.4) is 0 Å². The van der Waals surface area contributed by atoms with Gasteiger partial charge in [0.05, 0.1) is 0 Å². The highest BCUT2D eigenvalue weighted by molar-refractivity contribution is 8.00. The van der Waals surface area contributed by atoms with Crippen LogP contribution in [0.1, 0.15) is 39.5 Å². The summed E-state index contributed by atoms with van der Waals surface area (Å²) in [6.45, 7) is 8.41. The second kappa shape index (κ2) is 4.64. The van der Waals surface area contributed by atoms with E-state index in [1.54, 1.807) is 0 Å². The van der Waals surface area contributed by atoms with E-state index >= 15 is 0 Å². The lowest BCUT2D eigenvalue weighted by molar-refractivity contribution is 0.180. The van der Waals surface area contributed by atoms with Crippen LogP contribution in [-0.4, -0.2) is 40.6 Å². The van der Waals surface area contributed by atoms with E-state index in [9.17, 15) is 0 Å². The maximum Gasteiger partial charge on any atom is 0.0166 e. The Bertz CT molecular complexity index is 206. The minimum absolute atomic E-state index is 0.205. The summed E-state index contributed by atoms with van der Waals surface area (Å²) in [6.07, 6.45) is 5.05. The van der Waals surface area contributed by atoms with Gasteiger partial charge in [-0.05, 0) is 32.2 Å². The monoisotopic (exact) mass is 228 g/mol. The molecule has 0 aromatic rings. The van der Waals surface area contributed by atoms with Gasteiger partial charge in [0.2, 0.25) is 0 Å². The highest BCUT2D eigenvalue weighted by atomic mass is 32.2. The van der Waals surface area contributed by atoms with Gasteiger partial charge in [0, 0.05) is 29.1 Å². The molecule has 0 spiro atoms. The van der Waals surface area contributed by atoms with Crippen LogP contribution in [-0.2, 0) is 0 Å². The second-order valence-corrected chi connectivity index (χ2v) is 7.36. The van der Waals surface area contributed by atoms with Crippen molar-refractivity contribution < 1.29 is 0 Å². The molecule has 0 bridgehead atoms. The zero-order valence-electron chi connectivity index (χ0n) is 10.0. The number of nitrogens with zero attached hydrogens (tertiary/aromatic N) is 1. The van der Waals surface area contributed by atoms with Crippen LogP contribution >= 0.6 is 11.8 Å². The van der Waals surface area contributed by atoms with E-state index in [2.05, 4.69) is 30.5 Å². The highest BCUT2D eigenvalue weighted by Gasteiger charge is 2.33. The maximum atomic E-state index is 6.26. The van der Waals surface area contributed by atoms with Gasteiger partial charge in [0.25, 0.3) is 0 Å². The third-order valence-electron chi connectivity index (χ3n) is 3.77. The number of hydrogen-bond donors (Lipinski definition) is 1. The Morgan fingerprint density at radius 1 is 1.27 bits per heavy atom. The van der Waals surface area contributed by atoms with Crippen molar-refractivity contribution in [2.24, 2.45) is 5.73 Å². The predicted octanol–water partition coefficient (Wildman–Crippen LogP) is 2.08. The van der Waals surface area contributed by atoms with E-state index in [4.69, 9.17) is 5.73 Å². The molecule has 15 heavy (non-hydrogen) atoms. The van der Waals surface area contributed by atoms with Gasteiger partial charge in [-0.1, -0.05) is 13.8 Å². The van der Waals surface area contributed by atoms with E-state index in [0.717, 1.165) is 10.5 Å². The molecule has 0 aromatic carbocycles. The largest absolute Gasteiger partial charge is 0.325 e. The molecule has 2 unspecified atom stereocenters. The van der Waals surface area contributed by atoms with Gasteiger partial charge in [-0.25, -0.2) is 0 Å². The van der Waals surface area contributed by atoms with Gasteiger partial charge >= 0.3 is 0 Å². The summed E-state index contributed by atoms with van der Waals surface area (Å²) in [5.74, 6) is 0. The highest BCUT2D eigenvalue weighted by Crippen LogP contribution is 2.33. The van der Waals surface area contributed by atoms with Gasteiger partial charge in [0.1, 0.15) is 0 Å². The normalized spacial score (nSPS) is 36.2. The van der Waals surface area contributed by atoms with E-state index in [1.807, 2.05) is 0 Å². The lowest BCUT2D eigenvalue weighted by Crippen LogP contribution is -2.50. The molecule has 1 aliphatic carbocycles. The van der Waals surface area contributed by atoms with Crippen molar-refractivity contribution in [3.63, 3.8) is 0 Å². The van der Waals surface area contributed by atoms with Crippen LogP contribution in [0.25, 0.3) is 0 Å². The summed E-state index contributed by atoms with van der Waals surface area (Å²) in [6, 6.07) is 0. The lowest BCUT2D eigenvalue weighted by Gasteiger charge is -2.41. The Morgan fingerprint density at radius 3 is 2.33 bits per heavy atom. The van der Waals surface area contributed by atoms with Crippen molar-refractivity contribution >= 4 is 11.8 Å². The molecule has 88 valence electrons. The van der Waals surface area contributed by atoms with E-state index in [1.165, 1.54) is 45.3 Å². The molecule has 0 radical (unpaired) electrons. The Hall–Kier alpha value is 0.270. The maximum absolute atomic E-state index is 6.26. The second-order valence-electron chi connectivity index (χ2n) is 5.48. The van der Waals surface area contributed by atoms with Gasteiger partial charge in [0.15, 0.2) is 0 Å². The third kappa shape index (κ3) is 3.11. The first-order chi connectivity index (χ1) is 7.07. The molecule has 0 aromatic heterocycles. The minimum atomic E-state index is 0.205. The Kier molecular flexibility index (Phi) is 3.63. The lowest BCUT2D eigenvalue weighted by atomic mass is 9.75. The molecule has 1 saturated heterocycles. The molecule has 1 saturated carbocycles. The Labute approximate surface area is 98.0 Å². The molecular formula is C12H24N2S. The van der Waals surface area contributed by atoms with E-state index < -0.39 is 0 Å². The summed E-state index contributed by atoms with van der Waals surface area (Å²) in [5, 5.41) is 1.59. The number of thioether (sulfide) groups is 1. The molecule has 2 nitrogen and oxygen atoms in total. The summed E-state index contributed by atoms with van der Waals surface area (Å²) in [7, 11) is 0. The van der Waals surface area contributed by atoms with Gasteiger partial charge in [-0.15, -0.1) is 0 Å². The van der Waals surface area contributed by atoms with Crippen molar-refractivity contribution in [1.29, 1.82) is 0 Å². The SMILES string of the molecule is CC1CN(CCC2(N)CCC2)CC(C)S1. The first-order valence-corrected chi connectivity index (χ1v) is 7.18. The molecule has 3 heteroatoms. The van der Waals surface area contributed by atoms with Crippen LogP contribution < -0.4 is 5.73 Å².